The molecule has 0 amide bonds. The largest absolute Gasteiger partial charge is 0.375 e. The second-order valence-corrected chi connectivity index (χ2v) is 8.54. The second-order valence-electron chi connectivity index (χ2n) is 8.18. The van der Waals surface area contributed by atoms with Crippen molar-refractivity contribution >= 4 is 34.6 Å². The number of carbonyl (C=O) groups is 1. The number of carbonyl (C=O) groups excluding carboxylic acids is 1. The Hall–Kier alpha value is -2.57. The van der Waals surface area contributed by atoms with Crippen LogP contribution in [0.1, 0.15) is 37.0 Å². The van der Waals surface area contributed by atoms with E-state index in [1.807, 2.05) is 65.6 Å². The molecule has 6 heteroatoms. The summed E-state index contributed by atoms with van der Waals surface area (Å²) >= 11 is 5.64. The summed E-state index contributed by atoms with van der Waals surface area (Å²) in [7, 11) is 0. The first-order chi connectivity index (χ1) is 13.9. The van der Waals surface area contributed by atoms with Gasteiger partial charge < -0.3 is 15.0 Å². The number of ether oxygens (including phenoxy) is 1. The summed E-state index contributed by atoms with van der Waals surface area (Å²) in [5.41, 5.74) is 0.806. The minimum Gasteiger partial charge on any atom is -0.375 e. The highest BCUT2D eigenvalue weighted by atomic mass is 32.1. The number of rotatable bonds is 4. The Balaban J connectivity index is 1.67. The van der Waals surface area contributed by atoms with E-state index in [1.165, 1.54) is 0 Å². The zero-order valence-electron chi connectivity index (χ0n) is 16.7. The van der Waals surface area contributed by atoms with Crippen LogP contribution in [-0.4, -0.2) is 45.9 Å². The van der Waals surface area contributed by atoms with Gasteiger partial charge in [0.05, 0.1) is 12.1 Å². The summed E-state index contributed by atoms with van der Waals surface area (Å²) in [4.78, 5) is 19.7. The molecule has 0 radical (unpaired) electrons. The highest BCUT2D eigenvalue weighted by Crippen LogP contribution is 2.41. The molecule has 2 aromatic rings. The molecule has 1 N–H and O–H groups in total. The monoisotopic (exact) mass is 407 g/mol. The van der Waals surface area contributed by atoms with Crippen LogP contribution in [0.5, 0.6) is 0 Å². The number of ketones is 1. The van der Waals surface area contributed by atoms with Gasteiger partial charge in [0.2, 0.25) is 0 Å². The minimum atomic E-state index is -0.487. The van der Waals surface area contributed by atoms with Gasteiger partial charge in [0.1, 0.15) is 11.4 Å². The lowest BCUT2D eigenvalue weighted by molar-refractivity contribution is -0.0860. The minimum absolute atomic E-state index is 0.0350. The standard InChI is InChI=1S/C23H25N3O2S/c1-22(2)16-23(13-14-28-22)20(24-18-11-7-4-8-12-18)25-21(29)26(23)15-19(27)17-9-5-3-6-10-17/h3-12H,13-16H2,1-2H3,(H,24,25,29)/t23-/m0/s1. The SMILES string of the molecule is CC1(C)C[C@@]2(CCO1)C(Nc1ccccc1)=NC(=S)N2CC(=O)c1ccccc1. The van der Waals surface area contributed by atoms with Gasteiger partial charge in [-0.05, 0) is 38.2 Å². The van der Waals surface area contributed by atoms with Crippen molar-refractivity contribution in [1.82, 2.24) is 4.90 Å². The topological polar surface area (TPSA) is 53.9 Å². The molecule has 2 heterocycles. The quantitative estimate of drug-likeness (QED) is 0.605. The van der Waals surface area contributed by atoms with E-state index in [1.54, 1.807) is 0 Å². The molecule has 1 spiro atoms. The van der Waals surface area contributed by atoms with E-state index in [4.69, 9.17) is 21.9 Å². The number of para-hydroxylation sites is 1. The van der Waals surface area contributed by atoms with Crippen LogP contribution in [0.3, 0.4) is 0 Å². The van der Waals surface area contributed by atoms with Crippen molar-refractivity contribution in [2.24, 2.45) is 4.99 Å². The Bertz CT molecular complexity index is 943. The first-order valence-electron chi connectivity index (χ1n) is 9.85. The molecule has 150 valence electrons. The van der Waals surface area contributed by atoms with Crippen LogP contribution in [0, 0.1) is 0 Å². The number of benzene rings is 2. The van der Waals surface area contributed by atoms with Crippen molar-refractivity contribution in [2.75, 3.05) is 18.5 Å². The van der Waals surface area contributed by atoms with Crippen LogP contribution < -0.4 is 5.32 Å². The van der Waals surface area contributed by atoms with Crippen LogP contribution in [0.2, 0.25) is 0 Å². The number of Topliss-reactive ketones (excluding diaryl/α,β-unsaturated/α-hetero) is 1. The van der Waals surface area contributed by atoms with E-state index in [0.29, 0.717) is 23.7 Å². The zero-order chi connectivity index (χ0) is 20.5. The van der Waals surface area contributed by atoms with Crippen LogP contribution in [0.25, 0.3) is 0 Å². The van der Waals surface area contributed by atoms with E-state index in [2.05, 4.69) is 19.2 Å². The Labute approximate surface area is 176 Å². The summed E-state index contributed by atoms with van der Waals surface area (Å²) in [5.74, 6) is 0.832. The number of hydrogen-bond acceptors (Lipinski definition) is 4. The fourth-order valence-corrected chi connectivity index (χ4v) is 4.55. The Morgan fingerprint density at radius 2 is 1.79 bits per heavy atom. The lowest BCUT2D eigenvalue weighted by Crippen LogP contribution is -2.61. The third kappa shape index (κ3) is 3.95. The molecule has 1 atom stereocenters. The first kappa shape index (κ1) is 19.7. The van der Waals surface area contributed by atoms with Crippen LogP contribution in [0.15, 0.2) is 65.7 Å². The molecule has 0 bridgehead atoms. The molecule has 1 fully saturated rings. The molecule has 4 rings (SSSR count). The number of nitrogens with zero attached hydrogens (tertiary/aromatic N) is 2. The highest BCUT2D eigenvalue weighted by molar-refractivity contribution is 7.80. The molecule has 0 unspecified atom stereocenters. The van der Waals surface area contributed by atoms with Crippen LogP contribution >= 0.6 is 12.2 Å². The van der Waals surface area contributed by atoms with Crippen molar-refractivity contribution in [3.63, 3.8) is 0 Å². The van der Waals surface area contributed by atoms with E-state index in [-0.39, 0.29) is 17.9 Å². The smallest absolute Gasteiger partial charge is 0.198 e. The zero-order valence-corrected chi connectivity index (χ0v) is 17.5. The molecule has 2 aliphatic rings. The van der Waals surface area contributed by atoms with E-state index >= 15 is 0 Å². The van der Waals surface area contributed by atoms with Crippen molar-refractivity contribution in [1.29, 1.82) is 0 Å². The highest BCUT2D eigenvalue weighted by Gasteiger charge is 2.53. The maximum absolute atomic E-state index is 13.0. The van der Waals surface area contributed by atoms with Crippen LogP contribution in [0.4, 0.5) is 5.69 Å². The molecule has 0 aromatic heterocycles. The predicted octanol–water partition coefficient (Wildman–Crippen LogP) is 4.31. The second kappa shape index (κ2) is 7.69. The molecule has 2 aliphatic heterocycles. The Kier molecular flexibility index (Phi) is 5.23. The number of hydrogen-bond donors (Lipinski definition) is 1. The first-order valence-corrected chi connectivity index (χ1v) is 10.3. The van der Waals surface area contributed by atoms with Gasteiger partial charge in [0, 0.05) is 30.7 Å². The third-order valence-electron chi connectivity index (χ3n) is 5.56. The average molecular weight is 408 g/mol. The van der Waals surface area contributed by atoms with Crippen molar-refractivity contribution in [3.8, 4) is 0 Å². The summed E-state index contributed by atoms with van der Waals surface area (Å²) in [6.07, 6.45) is 1.41. The summed E-state index contributed by atoms with van der Waals surface area (Å²) in [6.45, 7) is 4.93. The van der Waals surface area contributed by atoms with Gasteiger partial charge in [-0.2, -0.15) is 0 Å². The third-order valence-corrected chi connectivity index (χ3v) is 5.87. The molecule has 0 aliphatic carbocycles. The number of amidine groups is 1. The van der Waals surface area contributed by atoms with Gasteiger partial charge in [0.25, 0.3) is 0 Å². The molecule has 5 nitrogen and oxygen atoms in total. The number of aliphatic imine (C=N–C) groups is 1. The number of anilines is 1. The van der Waals surface area contributed by atoms with Gasteiger partial charge in [-0.1, -0.05) is 48.5 Å². The van der Waals surface area contributed by atoms with Gasteiger partial charge in [0.15, 0.2) is 10.9 Å². The maximum Gasteiger partial charge on any atom is 0.198 e. The van der Waals surface area contributed by atoms with E-state index in [9.17, 15) is 4.79 Å². The fourth-order valence-electron chi connectivity index (χ4n) is 4.22. The van der Waals surface area contributed by atoms with Crippen LogP contribution in [-0.2, 0) is 4.74 Å². The molecule has 0 saturated carbocycles. The average Bonchev–Trinajstić information content (AvgIpc) is 2.93. The number of thiocarbonyl (C=S) groups is 1. The predicted molar refractivity (Wildman–Crippen MR) is 120 cm³/mol. The summed E-state index contributed by atoms with van der Waals surface area (Å²) in [6, 6.07) is 19.3. The Morgan fingerprint density at radius 3 is 2.45 bits per heavy atom. The van der Waals surface area contributed by atoms with Gasteiger partial charge >= 0.3 is 0 Å². The van der Waals surface area contributed by atoms with E-state index < -0.39 is 5.54 Å². The normalized spacial score (nSPS) is 23.2. The van der Waals surface area contributed by atoms with Gasteiger partial charge in [-0.15, -0.1) is 0 Å². The molecule has 2 aromatic carbocycles. The van der Waals surface area contributed by atoms with Crippen molar-refractivity contribution in [2.45, 2.75) is 37.8 Å². The molecular formula is C23H25N3O2S. The van der Waals surface area contributed by atoms with Crippen molar-refractivity contribution in [3.05, 3.63) is 66.2 Å². The van der Waals surface area contributed by atoms with Crippen molar-refractivity contribution < 1.29 is 9.53 Å². The van der Waals surface area contributed by atoms with E-state index in [0.717, 1.165) is 17.9 Å². The summed E-state index contributed by atoms with van der Waals surface area (Å²) in [5, 5.41) is 3.92. The van der Waals surface area contributed by atoms with Gasteiger partial charge in [-0.25, -0.2) is 4.99 Å². The summed E-state index contributed by atoms with van der Waals surface area (Å²) < 4.78 is 5.99. The molecule has 29 heavy (non-hydrogen) atoms. The lowest BCUT2D eigenvalue weighted by atomic mass is 9.79. The number of nitrogens with one attached hydrogen (secondary N) is 1. The molecular weight excluding hydrogens is 382 g/mol. The lowest BCUT2D eigenvalue weighted by Gasteiger charge is -2.48. The maximum atomic E-state index is 13.0. The Morgan fingerprint density at radius 1 is 1.14 bits per heavy atom. The fraction of sp³-hybridized carbons (Fsp3) is 0.348. The molecule has 1 saturated heterocycles. The van der Waals surface area contributed by atoms with Gasteiger partial charge in [-0.3, -0.25) is 4.79 Å².